The molecule has 1 aliphatic rings. The first-order valence-corrected chi connectivity index (χ1v) is 13.3. The van der Waals surface area contributed by atoms with Crippen molar-refractivity contribution in [2.45, 2.75) is 6.42 Å². The normalized spacial score (nSPS) is 13.5. The molecule has 7 nitrogen and oxygen atoms in total. The second-order valence-electron chi connectivity index (χ2n) is 9.00. The highest BCUT2D eigenvalue weighted by Crippen LogP contribution is 2.39. The minimum Gasteiger partial charge on any atom is -0.453 e. The van der Waals surface area contributed by atoms with Crippen molar-refractivity contribution in [3.8, 4) is 22.2 Å². The van der Waals surface area contributed by atoms with Crippen molar-refractivity contribution in [3.63, 3.8) is 0 Å². The van der Waals surface area contributed by atoms with Gasteiger partial charge in [0.2, 0.25) is 0 Å². The summed E-state index contributed by atoms with van der Waals surface area (Å²) >= 11 is 7.00. The largest absolute Gasteiger partial charge is 0.453 e. The molecular formula is C28H21F2N5O2S2. The number of hydrogen-bond acceptors (Lipinski definition) is 6. The quantitative estimate of drug-likeness (QED) is 0.219. The van der Waals surface area contributed by atoms with Crippen LogP contribution in [0.5, 0.6) is 11.5 Å². The summed E-state index contributed by atoms with van der Waals surface area (Å²) in [6.07, 6.45) is 5.44. The van der Waals surface area contributed by atoms with Crippen molar-refractivity contribution >= 4 is 50.5 Å². The van der Waals surface area contributed by atoms with Crippen LogP contribution in [-0.4, -0.2) is 43.5 Å². The second kappa shape index (κ2) is 10.2. The van der Waals surface area contributed by atoms with E-state index in [1.165, 1.54) is 34.4 Å². The summed E-state index contributed by atoms with van der Waals surface area (Å²) in [4.78, 5) is 26.1. The third-order valence-electron chi connectivity index (χ3n) is 6.44. The smallest absolute Gasteiger partial charge is 0.329 e. The maximum absolute atomic E-state index is 15.1. The molecule has 0 saturated carbocycles. The number of ether oxygens (including phenoxy) is 1. The number of thiocarbonyl (C=S) groups is 1. The third kappa shape index (κ3) is 4.86. The molecule has 1 aliphatic heterocycles. The highest BCUT2D eigenvalue weighted by Gasteiger charge is 2.32. The van der Waals surface area contributed by atoms with Crippen LogP contribution in [-0.2, 0) is 13.5 Å². The summed E-state index contributed by atoms with van der Waals surface area (Å²) < 4.78 is 37.1. The van der Waals surface area contributed by atoms with Crippen LogP contribution in [0, 0.1) is 11.6 Å². The number of carbonyl (C=O) groups is 1. The number of carbonyl (C=O) groups excluding carboxylic acids is 1. The number of halogens is 2. The van der Waals surface area contributed by atoms with Gasteiger partial charge in [-0.1, -0.05) is 18.3 Å². The van der Waals surface area contributed by atoms with Gasteiger partial charge in [-0.15, -0.1) is 11.3 Å². The molecule has 0 N–H and O–H groups in total. The van der Waals surface area contributed by atoms with Gasteiger partial charge in [-0.25, -0.2) is 18.6 Å². The number of pyridine rings is 1. The molecule has 0 atom stereocenters. The summed E-state index contributed by atoms with van der Waals surface area (Å²) in [6, 6.07) is 13.7. The number of imidazole rings is 1. The van der Waals surface area contributed by atoms with Gasteiger partial charge >= 0.3 is 6.03 Å². The predicted octanol–water partition coefficient (Wildman–Crippen LogP) is 6.58. The van der Waals surface area contributed by atoms with Crippen LogP contribution >= 0.6 is 23.6 Å². The van der Waals surface area contributed by atoms with Crippen molar-refractivity contribution in [1.29, 1.82) is 0 Å². The molecule has 196 valence electrons. The summed E-state index contributed by atoms with van der Waals surface area (Å²) in [6.45, 7) is 0.828. The lowest BCUT2D eigenvalue weighted by Crippen LogP contribution is -2.36. The summed E-state index contributed by atoms with van der Waals surface area (Å²) in [5.41, 5.74) is 1.95. The van der Waals surface area contributed by atoms with Gasteiger partial charge in [-0.05, 0) is 48.0 Å². The van der Waals surface area contributed by atoms with E-state index in [1.807, 2.05) is 23.9 Å². The molecule has 11 heteroatoms. The zero-order valence-electron chi connectivity index (χ0n) is 20.7. The maximum Gasteiger partial charge on any atom is 0.329 e. The van der Waals surface area contributed by atoms with Crippen molar-refractivity contribution < 1.29 is 18.3 Å². The van der Waals surface area contributed by atoms with Crippen LogP contribution in [0.1, 0.15) is 5.56 Å². The van der Waals surface area contributed by atoms with Gasteiger partial charge in [0.1, 0.15) is 17.4 Å². The van der Waals surface area contributed by atoms with Gasteiger partial charge in [0.05, 0.1) is 20.1 Å². The summed E-state index contributed by atoms with van der Waals surface area (Å²) in [7, 11) is 1.92. The maximum atomic E-state index is 15.1. The Bertz CT molecular complexity index is 1720. The number of benzene rings is 2. The van der Waals surface area contributed by atoms with Crippen LogP contribution < -0.4 is 9.64 Å². The van der Waals surface area contributed by atoms with E-state index < -0.39 is 5.82 Å². The lowest BCUT2D eigenvalue weighted by molar-refractivity contribution is 0.238. The van der Waals surface area contributed by atoms with E-state index in [2.05, 4.69) is 9.97 Å². The van der Waals surface area contributed by atoms with Gasteiger partial charge in [0.25, 0.3) is 0 Å². The molecule has 5 aromatic rings. The van der Waals surface area contributed by atoms with Crippen LogP contribution in [0.25, 0.3) is 20.9 Å². The Morgan fingerprint density at radius 2 is 1.85 bits per heavy atom. The first-order chi connectivity index (χ1) is 18.9. The van der Waals surface area contributed by atoms with Gasteiger partial charge < -0.3 is 9.30 Å². The molecule has 0 unspecified atom stereocenters. The fourth-order valence-corrected chi connectivity index (χ4v) is 5.90. The molecule has 0 radical (unpaired) electrons. The average molecular weight is 562 g/mol. The Morgan fingerprint density at radius 3 is 2.59 bits per heavy atom. The van der Waals surface area contributed by atoms with Gasteiger partial charge in [0, 0.05) is 56.9 Å². The van der Waals surface area contributed by atoms with Crippen molar-refractivity contribution in [3.05, 3.63) is 90.4 Å². The van der Waals surface area contributed by atoms with Gasteiger partial charge in [-0.2, -0.15) is 0 Å². The number of rotatable bonds is 6. The SMILES string of the molecule is Cn1ccnc1-c1cc2nccc(Oc3ccc(CC(=S)N4CCN(c5ccc(F)cc5)C4=O)cc3F)c2s1. The van der Waals surface area contributed by atoms with E-state index in [0.717, 1.165) is 20.9 Å². The Kier molecular flexibility index (Phi) is 6.53. The van der Waals surface area contributed by atoms with Crippen LogP contribution in [0.2, 0.25) is 0 Å². The number of nitrogens with zero attached hydrogens (tertiary/aromatic N) is 5. The Morgan fingerprint density at radius 1 is 1.03 bits per heavy atom. The number of fused-ring (bicyclic) bond motifs is 1. The van der Waals surface area contributed by atoms with Crippen LogP contribution in [0.4, 0.5) is 19.3 Å². The fraction of sp³-hybridized carbons (Fsp3) is 0.143. The van der Waals surface area contributed by atoms with E-state index in [4.69, 9.17) is 17.0 Å². The zero-order valence-corrected chi connectivity index (χ0v) is 22.3. The predicted molar refractivity (Wildman–Crippen MR) is 150 cm³/mol. The monoisotopic (exact) mass is 561 g/mol. The van der Waals surface area contributed by atoms with E-state index in [-0.39, 0.29) is 24.0 Å². The summed E-state index contributed by atoms with van der Waals surface area (Å²) in [5, 5.41) is 0. The molecule has 1 saturated heterocycles. The molecule has 0 aliphatic carbocycles. The molecule has 4 heterocycles. The summed E-state index contributed by atoms with van der Waals surface area (Å²) in [5.74, 6) is 0.472. The number of urea groups is 1. The third-order valence-corrected chi connectivity index (χ3v) is 7.94. The van der Waals surface area contributed by atoms with Crippen molar-refractivity contribution in [2.24, 2.45) is 7.05 Å². The molecule has 1 fully saturated rings. The lowest BCUT2D eigenvalue weighted by Gasteiger charge is -2.19. The van der Waals surface area contributed by atoms with Crippen molar-refractivity contribution in [2.75, 3.05) is 18.0 Å². The standard InChI is InChI=1S/C28H21F2N5O2S2/c1-33-11-10-32-27(33)24-16-21-26(39-24)23(8-9-31-21)37-22-7-2-17(14-20(22)30)15-25(38)35-13-12-34(28(35)36)19-5-3-18(29)4-6-19/h2-11,14,16H,12-13,15H2,1H3. The second-order valence-corrected chi connectivity index (χ2v) is 10.5. The average Bonchev–Trinajstić information content (AvgIpc) is 3.64. The molecule has 3 aromatic heterocycles. The Labute approximate surface area is 231 Å². The molecule has 2 amide bonds. The van der Waals surface area contributed by atoms with Crippen molar-refractivity contribution in [1.82, 2.24) is 19.4 Å². The van der Waals surface area contributed by atoms with Crippen LogP contribution in [0.3, 0.4) is 0 Å². The van der Waals surface area contributed by atoms with E-state index >= 15 is 4.39 Å². The number of amides is 2. The van der Waals surface area contributed by atoms with E-state index in [9.17, 15) is 9.18 Å². The van der Waals surface area contributed by atoms with Crippen LogP contribution in [0.15, 0.2) is 73.2 Å². The number of aromatic nitrogens is 3. The number of hydrogen-bond donors (Lipinski definition) is 0. The molecular weight excluding hydrogens is 540 g/mol. The fourth-order valence-electron chi connectivity index (χ4n) is 4.46. The van der Waals surface area contributed by atoms with E-state index in [1.54, 1.807) is 47.6 Å². The number of aryl methyl sites for hydroxylation is 1. The molecule has 6 rings (SSSR count). The highest BCUT2D eigenvalue weighted by molar-refractivity contribution is 7.80. The number of thiophene rings is 1. The topological polar surface area (TPSA) is 63.5 Å². The highest BCUT2D eigenvalue weighted by atomic mass is 32.1. The first kappa shape index (κ1) is 25.1. The Hall–Kier alpha value is -4.22. The first-order valence-electron chi connectivity index (χ1n) is 12.1. The molecule has 0 spiro atoms. The molecule has 2 aromatic carbocycles. The number of anilines is 1. The Balaban J connectivity index is 1.16. The molecule has 39 heavy (non-hydrogen) atoms. The lowest BCUT2D eigenvalue weighted by atomic mass is 10.1. The molecule has 0 bridgehead atoms. The van der Waals surface area contributed by atoms with Gasteiger partial charge in [0.15, 0.2) is 11.6 Å². The van der Waals surface area contributed by atoms with Gasteiger partial charge in [-0.3, -0.25) is 14.8 Å². The zero-order chi connectivity index (χ0) is 27.1. The van der Waals surface area contributed by atoms with E-state index in [0.29, 0.717) is 35.1 Å². The minimum absolute atomic E-state index is 0.0730. The minimum atomic E-state index is -0.540.